The number of halogens is 1. The Kier molecular flexibility index (Phi) is 8.48. The number of ketones is 1. The third-order valence-corrected chi connectivity index (χ3v) is 5.83. The second-order valence-electron chi connectivity index (χ2n) is 8.25. The predicted molar refractivity (Wildman–Crippen MR) is 132 cm³/mol. The molecule has 38 heavy (non-hydrogen) atoms. The van der Waals surface area contributed by atoms with E-state index in [1.807, 2.05) is 115 Å². The Balaban J connectivity index is 0.000000617. The van der Waals surface area contributed by atoms with E-state index in [1.165, 1.54) is 0 Å². The van der Waals surface area contributed by atoms with Gasteiger partial charge in [0.2, 0.25) is 0 Å². The molecular weight excluding hydrogens is 508 g/mol. The quantitative estimate of drug-likeness (QED) is 0.244. The molecule has 4 aromatic carbocycles. The number of ether oxygens (including phenoxy) is 1. The molecule has 7 nitrogen and oxygen atoms in total. The van der Waals surface area contributed by atoms with Gasteiger partial charge in [-0.2, -0.15) is 0 Å². The van der Waals surface area contributed by atoms with Crippen molar-refractivity contribution in [1.82, 2.24) is 0 Å². The fourth-order valence-corrected chi connectivity index (χ4v) is 4.19. The lowest BCUT2D eigenvalue weighted by molar-refractivity contribution is -2.00. The van der Waals surface area contributed by atoms with Crippen molar-refractivity contribution in [2.75, 3.05) is 7.11 Å². The van der Waals surface area contributed by atoms with Crippen LogP contribution in [-0.4, -0.2) is 12.9 Å². The molecule has 5 rings (SSSR count). The maximum atomic E-state index is 13.9. The van der Waals surface area contributed by atoms with E-state index in [0.29, 0.717) is 22.7 Å². The predicted octanol–water partition coefficient (Wildman–Crippen LogP) is 2.65. The fraction of sp³-hybridized carbons (Fsp3) is 0.0667. The van der Waals surface area contributed by atoms with Crippen molar-refractivity contribution in [2.24, 2.45) is 0 Å². The molecule has 0 N–H and O–H groups in total. The zero-order chi connectivity index (χ0) is 27.1. The van der Waals surface area contributed by atoms with E-state index in [0.717, 1.165) is 22.1 Å². The Labute approximate surface area is 221 Å². The van der Waals surface area contributed by atoms with Gasteiger partial charge in [0.15, 0.2) is 5.78 Å². The van der Waals surface area contributed by atoms with Crippen LogP contribution in [0.25, 0.3) is 22.3 Å². The molecule has 0 bridgehead atoms. The van der Waals surface area contributed by atoms with E-state index >= 15 is 0 Å². The number of fused-ring (bicyclic) bond motifs is 1. The zero-order valence-corrected chi connectivity index (χ0v) is 21.0. The van der Waals surface area contributed by atoms with Crippen LogP contribution in [0.15, 0.2) is 120 Å². The zero-order valence-electron chi connectivity index (χ0n) is 20.3. The van der Waals surface area contributed by atoms with E-state index in [-0.39, 0.29) is 5.78 Å². The summed E-state index contributed by atoms with van der Waals surface area (Å²) in [6.45, 7) is 0. The molecule has 1 aromatic heterocycles. The second kappa shape index (κ2) is 12.0. The first kappa shape index (κ1) is 26.9. The molecule has 192 valence electrons. The number of rotatable bonds is 6. The summed E-state index contributed by atoms with van der Waals surface area (Å²) in [5.74, 6) is 0.966. The minimum atomic E-state index is -4.94. The van der Waals surface area contributed by atoms with Gasteiger partial charge in [0.1, 0.15) is 5.75 Å². The lowest BCUT2D eigenvalue weighted by Gasteiger charge is -2.18. The van der Waals surface area contributed by atoms with Crippen LogP contribution in [0, 0.1) is 10.2 Å². The molecule has 0 amide bonds. The highest BCUT2D eigenvalue weighted by atomic mass is 35.7. The number of hydrogen-bond acceptors (Lipinski definition) is 6. The number of carbonyl (C=O) groups is 1. The van der Waals surface area contributed by atoms with Gasteiger partial charge in [-0.25, -0.2) is 23.1 Å². The van der Waals surface area contributed by atoms with Gasteiger partial charge in [0.05, 0.1) is 30.0 Å². The molecule has 0 radical (unpaired) electrons. The van der Waals surface area contributed by atoms with Crippen LogP contribution in [0.1, 0.15) is 27.4 Å². The number of methoxy groups -OCH3 is 1. The van der Waals surface area contributed by atoms with Crippen molar-refractivity contribution in [3.05, 3.63) is 132 Å². The lowest BCUT2D eigenvalue weighted by Crippen LogP contribution is -2.68. The van der Waals surface area contributed by atoms with Gasteiger partial charge in [-0.1, -0.05) is 78.9 Å². The van der Waals surface area contributed by atoms with Gasteiger partial charge in [0, 0.05) is 11.6 Å². The molecule has 0 aliphatic carbocycles. The van der Waals surface area contributed by atoms with Crippen molar-refractivity contribution in [3.8, 4) is 17.1 Å². The molecule has 1 heterocycles. The van der Waals surface area contributed by atoms with Crippen LogP contribution in [0.4, 0.5) is 0 Å². The van der Waals surface area contributed by atoms with Crippen LogP contribution in [0.2, 0.25) is 0 Å². The van der Waals surface area contributed by atoms with Gasteiger partial charge < -0.3 is 4.74 Å². The van der Waals surface area contributed by atoms with Crippen LogP contribution < -0.4 is 23.4 Å². The molecular formula is C30H23ClO7. The Morgan fingerprint density at radius 1 is 0.763 bits per heavy atom. The Hall–Kier alpha value is -4.11. The highest BCUT2D eigenvalue weighted by Crippen LogP contribution is 2.38. The van der Waals surface area contributed by atoms with Gasteiger partial charge in [0.25, 0.3) is 0 Å². The molecule has 0 saturated carbocycles. The lowest BCUT2D eigenvalue weighted by atomic mass is 9.83. The van der Waals surface area contributed by atoms with Crippen molar-refractivity contribution in [1.29, 1.82) is 0 Å². The van der Waals surface area contributed by atoms with Crippen LogP contribution >= 0.6 is 0 Å². The fourth-order valence-electron chi connectivity index (χ4n) is 4.19. The normalized spacial score (nSPS) is 11.8. The average molecular weight is 531 g/mol. The first-order valence-electron chi connectivity index (χ1n) is 11.5. The van der Waals surface area contributed by atoms with Crippen molar-refractivity contribution in [2.45, 2.75) is 5.92 Å². The van der Waals surface area contributed by atoms with E-state index in [1.54, 1.807) is 7.11 Å². The summed E-state index contributed by atoms with van der Waals surface area (Å²) in [6, 6.07) is 37.1. The molecule has 8 heteroatoms. The van der Waals surface area contributed by atoms with E-state index < -0.39 is 16.2 Å². The summed E-state index contributed by atoms with van der Waals surface area (Å²) in [4.78, 5) is 13.9. The standard InChI is InChI=1S/C30H23O3.ClHO4/c1-32-24-17-18-25-26(20-27(33-28(25)19-24)21-11-5-2-6-12-21)29(22-13-7-3-8-14-22)30(31)23-15-9-4-10-16-23;2-1(3,4)5/h2-20,29H,1H3;(H,2,3,4,5)/q+1;/p-1. The minimum Gasteiger partial charge on any atom is -0.496 e. The molecule has 0 aliphatic heterocycles. The van der Waals surface area contributed by atoms with E-state index in [2.05, 4.69) is 0 Å². The van der Waals surface area contributed by atoms with Crippen LogP contribution in [0.3, 0.4) is 0 Å². The minimum absolute atomic E-state index is 0.0455. The summed E-state index contributed by atoms with van der Waals surface area (Å²) in [5.41, 5.74) is 4.14. The van der Waals surface area contributed by atoms with E-state index in [4.69, 9.17) is 27.8 Å². The van der Waals surface area contributed by atoms with Crippen LogP contribution in [0.5, 0.6) is 5.75 Å². The van der Waals surface area contributed by atoms with Gasteiger partial charge in [-0.05, 0) is 35.4 Å². The SMILES string of the molecule is COc1ccc2c(C(C(=O)c3ccccc3)c3ccccc3)cc(-c3ccccc3)[o+]c2c1.[O-][Cl+3]([O-])([O-])[O-]. The third kappa shape index (κ3) is 6.80. The van der Waals surface area contributed by atoms with Gasteiger partial charge in [-0.3, -0.25) is 4.79 Å². The number of carbonyl (C=O) groups excluding carboxylic acids is 1. The highest BCUT2D eigenvalue weighted by Gasteiger charge is 2.30. The van der Waals surface area contributed by atoms with Gasteiger partial charge in [-0.15, -0.1) is 10.2 Å². The van der Waals surface area contributed by atoms with Crippen molar-refractivity contribution >= 4 is 16.8 Å². The Morgan fingerprint density at radius 3 is 1.89 bits per heavy atom. The third-order valence-electron chi connectivity index (χ3n) is 5.83. The molecule has 1 unspecified atom stereocenters. The van der Waals surface area contributed by atoms with Crippen LogP contribution in [-0.2, 0) is 0 Å². The Bertz CT molecular complexity index is 1500. The average Bonchev–Trinajstić information content (AvgIpc) is 2.93. The highest BCUT2D eigenvalue weighted by molar-refractivity contribution is 6.05. The monoisotopic (exact) mass is 530 g/mol. The molecule has 1 atom stereocenters. The maximum Gasteiger partial charge on any atom is 0.364 e. The molecule has 0 spiro atoms. The summed E-state index contributed by atoms with van der Waals surface area (Å²) in [5, 5.41) is 0.883. The topological polar surface area (TPSA) is 130 Å². The summed E-state index contributed by atoms with van der Waals surface area (Å²) >= 11 is 0. The second-order valence-corrected chi connectivity index (χ2v) is 9.00. The summed E-state index contributed by atoms with van der Waals surface area (Å²) < 4.78 is 45.7. The van der Waals surface area contributed by atoms with Crippen molar-refractivity contribution in [3.63, 3.8) is 0 Å². The first-order valence-corrected chi connectivity index (χ1v) is 12.7. The number of hydrogen-bond donors (Lipinski definition) is 0. The van der Waals surface area contributed by atoms with Crippen molar-refractivity contribution < 1.29 is 42.8 Å². The largest absolute Gasteiger partial charge is 0.496 e. The molecule has 0 fully saturated rings. The first-order chi connectivity index (χ1) is 18.2. The molecule has 5 aromatic rings. The number of benzene rings is 4. The summed E-state index contributed by atoms with van der Waals surface area (Å²) in [7, 11) is -3.31. The Morgan fingerprint density at radius 2 is 1.32 bits per heavy atom. The number of Topliss-reactive ketones (excluding diaryl/α,β-unsaturated/α-hetero) is 1. The van der Waals surface area contributed by atoms with Gasteiger partial charge >= 0.3 is 11.3 Å². The molecule has 0 aliphatic rings. The maximum absolute atomic E-state index is 13.9. The van der Waals surface area contributed by atoms with E-state index in [9.17, 15) is 4.79 Å². The summed E-state index contributed by atoms with van der Waals surface area (Å²) in [6.07, 6.45) is 0. The smallest absolute Gasteiger partial charge is 0.364 e. The molecule has 0 saturated heterocycles.